The van der Waals surface area contributed by atoms with Crippen molar-refractivity contribution >= 4 is 17.6 Å². The minimum absolute atomic E-state index is 0.527. The fourth-order valence-corrected chi connectivity index (χ4v) is 1.26. The van der Waals surface area contributed by atoms with Gasteiger partial charge in [0, 0.05) is 12.6 Å². The molecule has 5 heteroatoms. The van der Waals surface area contributed by atoms with Crippen molar-refractivity contribution in [2.24, 2.45) is 0 Å². The molecule has 0 aliphatic carbocycles. The van der Waals surface area contributed by atoms with Gasteiger partial charge in [-0.2, -0.15) is 0 Å². The van der Waals surface area contributed by atoms with Crippen LogP contribution in [0.1, 0.15) is 5.69 Å². The Balaban J connectivity index is 2.90. The number of thioether (sulfide) groups is 1. The van der Waals surface area contributed by atoms with Crippen molar-refractivity contribution in [1.82, 2.24) is 15.3 Å². The average Bonchev–Trinajstić information content (AvgIpc) is 2.04. The molecule has 0 aromatic carbocycles. The smallest absolute Gasteiger partial charge is 0.189 e. The van der Waals surface area contributed by atoms with Crippen LogP contribution in [-0.4, -0.2) is 23.3 Å². The zero-order valence-electron chi connectivity index (χ0n) is 7.16. The monoisotopic (exact) mass is 184 g/mol. The Hall–Kier alpha value is -0.810. The lowest BCUT2D eigenvalue weighted by Gasteiger charge is -2.02. The molecule has 0 spiro atoms. The predicted octanol–water partition coefficient (Wildman–Crippen LogP) is 0.500. The summed E-state index contributed by atoms with van der Waals surface area (Å²) < 4.78 is 0. The van der Waals surface area contributed by atoms with Gasteiger partial charge in [-0.15, -0.1) is 0 Å². The standard InChI is InChI=1S/C7H12N4S/c1-9-4-5-3-6(8)11-7(10-5)12-2/h3,9H,4H2,1-2H3,(H2,8,10,11). The Labute approximate surface area is 76.0 Å². The first-order chi connectivity index (χ1) is 5.76. The van der Waals surface area contributed by atoms with Crippen LogP contribution in [0.5, 0.6) is 0 Å². The molecule has 0 saturated carbocycles. The van der Waals surface area contributed by atoms with E-state index in [-0.39, 0.29) is 0 Å². The molecule has 0 amide bonds. The predicted molar refractivity (Wildman–Crippen MR) is 51.0 cm³/mol. The Morgan fingerprint density at radius 2 is 2.33 bits per heavy atom. The highest BCUT2D eigenvalue weighted by Crippen LogP contribution is 2.11. The van der Waals surface area contributed by atoms with Gasteiger partial charge in [0.15, 0.2) is 5.16 Å². The van der Waals surface area contributed by atoms with Crippen molar-refractivity contribution in [3.63, 3.8) is 0 Å². The van der Waals surface area contributed by atoms with Gasteiger partial charge < -0.3 is 11.1 Å². The van der Waals surface area contributed by atoms with Crippen LogP contribution < -0.4 is 11.1 Å². The van der Waals surface area contributed by atoms with Gasteiger partial charge in [0.1, 0.15) is 5.82 Å². The number of aromatic nitrogens is 2. The zero-order chi connectivity index (χ0) is 8.97. The van der Waals surface area contributed by atoms with Gasteiger partial charge in [-0.25, -0.2) is 9.97 Å². The van der Waals surface area contributed by atoms with Crippen molar-refractivity contribution < 1.29 is 0 Å². The normalized spacial score (nSPS) is 10.2. The van der Waals surface area contributed by atoms with Gasteiger partial charge in [-0.05, 0) is 13.3 Å². The van der Waals surface area contributed by atoms with Gasteiger partial charge >= 0.3 is 0 Å². The van der Waals surface area contributed by atoms with Gasteiger partial charge in [0.25, 0.3) is 0 Å². The maximum Gasteiger partial charge on any atom is 0.189 e. The van der Waals surface area contributed by atoms with Crippen LogP contribution in [0.4, 0.5) is 5.82 Å². The number of nitrogen functional groups attached to an aromatic ring is 1. The molecule has 0 atom stereocenters. The minimum Gasteiger partial charge on any atom is -0.384 e. The van der Waals surface area contributed by atoms with E-state index >= 15 is 0 Å². The van der Waals surface area contributed by atoms with E-state index in [4.69, 9.17) is 5.73 Å². The SMILES string of the molecule is CNCc1cc(N)nc(SC)n1. The van der Waals surface area contributed by atoms with Crippen LogP contribution in [0.2, 0.25) is 0 Å². The van der Waals surface area contributed by atoms with E-state index in [1.54, 1.807) is 6.07 Å². The molecule has 0 fully saturated rings. The quantitative estimate of drug-likeness (QED) is 0.529. The molecule has 0 aliphatic rings. The fraction of sp³-hybridized carbons (Fsp3) is 0.429. The lowest BCUT2D eigenvalue weighted by molar-refractivity contribution is 0.765. The van der Waals surface area contributed by atoms with Gasteiger partial charge in [-0.3, -0.25) is 0 Å². The highest BCUT2D eigenvalue weighted by Gasteiger charge is 1.99. The third-order valence-electron chi connectivity index (χ3n) is 1.32. The maximum absolute atomic E-state index is 5.57. The van der Waals surface area contributed by atoms with Crippen LogP contribution in [0.3, 0.4) is 0 Å². The van der Waals surface area contributed by atoms with Crippen molar-refractivity contribution in [2.75, 3.05) is 19.0 Å². The molecule has 12 heavy (non-hydrogen) atoms. The molecule has 0 saturated heterocycles. The Kier molecular flexibility index (Phi) is 3.31. The Morgan fingerprint density at radius 3 is 2.92 bits per heavy atom. The van der Waals surface area contributed by atoms with Crippen LogP contribution in [0.25, 0.3) is 0 Å². The first kappa shape index (κ1) is 9.28. The number of hydrogen-bond acceptors (Lipinski definition) is 5. The van der Waals surface area contributed by atoms with Crippen molar-refractivity contribution in [3.8, 4) is 0 Å². The molecule has 3 N–H and O–H groups in total. The zero-order valence-corrected chi connectivity index (χ0v) is 7.98. The first-order valence-corrected chi connectivity index (χ1v) is 4.80. The molecule has 1 aromatic rings. The molecule has 0 radical (unpaired) electrons. The molecule has 66 valence electrons. The lowest BCUT2D eigenvalue weighted by atomic mass is 10.4. The second kappa shape index (κ2) is 4.27. The van der Waals surface area contributed by atoms with Crippen LogP contribution >= 0.6 is 11.8 Å². The van der Waals surface area contributed by atoms with Crippen molar-refractivity contribution in [2.45, 2.75) is 11.7 Å². The Bertz CT molecular complexity index is 264. The summed E-state index contributed by atoms with van der Waals surface area (Å²) in [6.07, 6.45) is 1.93. The van der Waals surface area contributed by atoms with E-state index in [1.165, 1.54) is 11.8 Å². The van der Waals surface area contributed by atoms with E-state index in [2.05, 4.69) is 15.3 Å². The highest BCUT2D eigenvalue weighted by molar-refractivity contribution is 7.98. The second-order valence-corrected chi connectivity index (χ2v) is 3.07. The third kappa shape index (κ3) is 2.35. The highest BCUT2D eigenvalue weighted by atomic mass is 32.2. The lowest BCUT2D eigenvalue weighted by Crippen LogP contribution is -2.08. The largest absolute Gasteiger partial charge is 0.384 e. The molecule has 1 rings (SSSR count). The second-order valence-electron chi connectivity index (χ2n) is 2.30. The number of anilines is 1. The fourth-order valence-electron chi connectivity index (χ4n) is 0.857. The van der Waals surface area contributed by atoms with Gasteiger partial charge in [0.05, 0.1) is 5.69 Å². The summed E-state index contributed by atoms with van der Waals surface area (Å²) in [5, 5.41) is 3.73. The van der Waals surface area contributed by atoms with Gasteiger partial charge in [0.2, 0.25) is 0 Å². The molecule has 4 nitrogen and oxygen atoms in total. The number of nitrogens with zero attached hydrogens (tertiary/aromatic N) is 2. The molecule has 1 heterocycles. The summed E-state index contributed by atoms with van der Waals surface area (Å²) in [4.78, 5) is 8.29. The summed E-state index contributed by atoms with van der Waals surface area (Å²) in [6.45, 7) is 0.722. The summed E-state index contributed by atoms with van der Waals surface area (Å²) in [5.74, 6) is 0.527. The minimum atomic E-state index is 0.527. The van der Waals surface area contributed by atoms with Crippen LogP contribution in [-0.2, 0) is 6.54 Å². The van der Waals surface area contributed by atoms with Crippen LogP contribution in [0.15, 0.2) is 11.2 Å². The summed E-state index contributed by atoms with van der Waals surface area (Å²) >= 11 is 1.49. The Morgan fingerprint density at radius 1 is 1.58 bits per heavy atom. The molecule has 0 aliphatic heterocycles. The van der Waals surface area contributed by atoms with E-state index in [0.29, 0.717) is 5.82 Å². The summed E-state index contributed by atoms with van der Waals surface area (Å²) in [5.41, 5.74) is 6.50. The van der Waals surface area contributed by atoms with Crippen molar-refractivity contribution in [1.29, 1.82) is 0 Å². The van der Waals surface area contributed by atoms with E-state index in [0.717, 1.165) is 17.4 Å². The molecule has 0 bridgehead atoms. The van der Waals surface area contributed by atoms with Crippen molar-refractivity contribution in [3.05, 3.63) is 11.8 Å². The molecule has 1 aromatic heterocycles. The molecular formula is C7H12N4S. The molecule has 0 unspecified atom stereocenters. The van der Waals surface area contributed by atoms with E-state index in [9.17, 15) is 0 Å². The average molecular weight is 184 g/mol. The molecular weight excluding hydrogens is 172 g/mol. The number of hydrogen-bond donors (Lipinski definition) is 2. The van der Waals surface area contributed by atoms with E-state index in [1.807, 2.05) is 13.3 Å². The number of rotatable bonds is 3. The third-order valence-corrected chi connectivity index (χ3v) is 1.87. The van der Waals surface area contributed by atoms with Gasteiger partial charge in [-0.1, -0.05) is 11.8 Å². The van der Waals surface area contributed by atoms with E-state index < -0.39 is 0 Å². The summed E-state index contributed by atoms with van der Waals surface area (Å²) in [6, 6.07) is 1.77. The number of nitrogens with one attached hydrogen (secondary N) is 1. The number of nitrogens with two attached hydrogens (primary N) is 1. The first-order valence-electron chi connectivity index (χ1n) is 3.58. The summed E-state index contributed by atoms with van der Waals surface area (Å²) in [7, 11) is 1.87. The topological polar surface area (TPSA) is 63.8 Å². The maximum atomic E-state index is 5.57. The van der Waals surface area contributed by atoms with Crippen LogP contribution in [0, 0.1) is 0 Å².